The van der Waals surface area contributed by atoms with Crippen molar-refractivity contribution in [1.82, 2.24) is 0 Å². The predicted octanol–water partition coefficient (Wildman–Crippen LogP) is 3.48. The van der Waals surface area contributed by atoms with Crippen molar-refractivity contribution in [2.75, 3.05) is 0 Å². The highest BCUT2D eigenvalue weighted by Gasteiger charge is 2.60. The number of carboxylic acids is 1. The third kappa shape index (κ3) is 1.35. The molecule has 2 aliphatic rings. The number of carbonyl (C=O) groups is 1. The second kappa shape index (κ2) is 3.35. The molecule has 0 aromatic rings. The minimum absolute atomic E-state index is 0.300. The quantitative estimate of drug-likeness (QED) is 0.726. The first kappa shape index (κ1) is 11.7. The molecule has 3 atom stereocenters. The summed E-state index contributed by atoms with van der Waals surface area (Å²) in [5.74, 6) is 0.460. The van der Waals surface area contributed by atoms with Gasteiger partial charge in [-0.1, -0.05) is 26.8 Å². The van der Waals surface area contributed by atoms with Crippen LogP contribution in [-0.4, -0.2) is 11.1 Å². The molecular formula is C14H22O2. The molecular weight excluding hydrogens is 200 g/mol. The van der Waals surface area contributed by atoms with Gasteiger partial charge < -0.3 is 5.11 Å². The third-order valence-electron chi connectivity index (χ3n) is 5.65. The smallest absolute Gasteiger partial charge is 0.330 e. The summed E-state index contributed by atoms with van der Waals surface area (Å²) < 4.78 is 0. The van der Waals surface area contributed by atoms with E-state index in [9.17, 15) is 4.79 Å². The van der Waals surface area contributed by atoms with Gasteiger partial charge >= 0.3 is 5.97 Å². The van der Waals surface area contributed by atoms with Crippen molar-refractivity contribution >= 4 is 5.97 Å². The Kier molecular flexibility index (Phi) is 2.45. The van der Waals surface area contributed by atoms with Crippen molar-refractivity contribution in [3.63, 3.8) is 0 Å². The van der Waals surface area contributed by atoms with E-state index in [0.29, 0.717) is 22.3 Å². The molecule has 1 N–H and O–H groups in total. The Bertz CT molecular complexity index is 354. The molecule has 0 aromatic heterocycles. The lowest BCUT2D eigenvalue weighted by molar-refractivity contribution is -0.132. The van der Waals surface area contributed by atoms with Gasteiger partial charge in [-0.05, 0) is 48.9 Å². The lowest BCUT2D eigenvalue weighted by Crippen LogP contribution is -2.31. The fraction of sp³-hybridized carbons (Fsp3) is 0.786. The number of allylic oxidation sites excluding steroid dienone is 1. The van der Waals surface area contributed by atoms with Crippen LogP contribution in [0, 0.1) is 22.7 Å². The van der Waals surface area contributed by atoms with Gasteiger partial charge in [0.1, 0.15) is 0 Å². The van der Waals surface area contributed by atoms with E-state index in [4.69, 9.17) is 5.11 Å². The van der Waals surface area contributed by atoms with Crippen molar-refractivity contribution in [3.05, 3.63) is 11.6 Å². The van der Waals surface area contributed by atoms with Gasteiger partial charge in [0.2, 0.25) is 0 Å². The number of rotatable bonds is 2. The van der Waals surface area contributed by atoms with Crippen LogP contribution in [0.3, 0.4) is 0 Å². The van der Waals surface area contributed by atoms with E-state index in [2.05, 4.69) is 20.8 Å². The topological polar surface area (TPSA) is 37.3 Å². The van der Waals surface area contributed by atoms with Gasteiger partial charge in [0.15, 0.2) is 0 Å². The van der Waals surface area contributed by atoms with Crippen LogP contribution in [0.4, 0.5) is 0 Å². The average Bonchev–Trinajstić information content (AvgIpc) is 2.50. The lowest BCUT2D eigenvalue weighted by Gasteiger charge is -2.38. The highest BCUT2D eigenvalue weighted by Crippen LogP contribution is 2.68. The Balaban J connectivity index is 2.29. The Morgan fingerprint density at radius 2 is 2.00 bits per heavy atom. The SMILES string of the molecule is CC(=C[C@H]1CC2CCC1(C)C2(C)C)C(=O)O. The van der Waals surface area contributed by atoms with Crippen molar-refractivity contribution in [1.29, 1.82) is 0 Å². The van der Waals surface area contributed by atoms with Gasteiger partial charge in [0.05, 0.1) is 0 Å². The van der Waals surface area contributed by atoms with E-state index in [-0.39, 0.29) is 0 Å². The normalized spacial score (nSPS) is 41.4. The van der Waals surface area contributed by atoms with Crippen LogP contribution in [-0.2, 0) is 4.79 Å². The maximum Gasteiger partial charge on any atom is 0.330 e. The summed E-state index contributed by atoms with van der Waals surface area (Å²) in [5.41, 5.74) is 1.18. The predicted molar refractivity (Wildman–Crippen MR) is 64.1 cm³/mol. The molecule has 0 radical (unpaired) electrons. The Labute approximate surface area is 97.7 Å². The minimum atomic E-state index is -0.774. The molecule has 16 heavy (non-hydrogen) atoms. The number of hydrogen-bond acceptors (Lipinski definition) is 1. The second-order valence-corrected chi connectivity index (χ2v) is 6.37. The monoisotopic (exact) mass is 222 g/mol. The van der Waals surface area contributed by atoms with Crippen LogP contribution in [0.5, 0.6) is 0 Å². The standard InChI is InChI=1S/C14H22O2/c1-9(12(15)16)7-11-8-10-5-6-14(11,4)13(10,2)3/h7,10-11H,5-6,8H2,1-4H3,(H,15,16)/t10?,11-,14?/m0/s1. The van der Waals surface area contributed by atoms with E-state index >= 15 is 0 Å². The molecule has 2 fully saturated rings. The maximum atomic E-state index is 10.9. The molecule has 0 aliphatic heterocycles. The first-order valence-corrected chi connectivity index (χ1v) is 6.21. The van der Waals surface area contributed by atoms with Crippen LogP contribution in [0.25, 0.3) is 0 Å². The molecule has 2 bridgehead atoms. The fourth-order valence-electron chi connectivity index (χ4n) is 3.89. The van der Waals surface area contributed by atoms with Gasteiger partial charge in [0, 0.05) is 5.57 Å². The second-order valence-electron chi connectivity index (χ2n) is 6.37. The molecule has 2 nitrogen and oxygen atoms in total. The zero-order valence-electron chi connectivity index (χ0n) is 10.7. The van der Waals surface area contributed by atoms with Crippen molar-refractivity contribution < 1.29 is 9.90 Å². The molecule has 2 unspecified atom stereocenters. The lowest BCUT2D eigenvalue weighted by atomic mass is 9.66. The van der Waals surface area contributed by atoms with Gasteiger partial charge in [-0.15, -0.1) is 0 Å². The van der Waals surface area contributed by atoms with Crippen LogP contribution in [0.15, 0.2) is 11.6 Å². The maximum absolute atomic E-state index is 10.9. The number of aliphatic carboxylic acids is 1. The molecule has 2 rings (SSSR count). The van der Waals surface area contributed by atoms with Crippen molar-refractivity contribution in [3.8, 4) is 0 Å². The summed E-state index contributed by atoms with van der Waals surface area (Å²) in [7, 11) is 0. The number of hydrogen-bond donors (Lipinski definition) is 1. The van der Waals surface area contributed by atoms with E-state index in [0.717, 1.165) is 5.92 Å². The van der Waals surface area contributed by atoms with Crippen LogP contribution < -0.4 is 0 Å². The van der Waals surface area contributed by atoms with E-state index in [1.54, 1.807) is 6.92 Å². The van der Waals surface area contributed by atoms with E-state index < -0.39 is 5.97 Å². The van der Waals surface area contributed by atoms with Crippen molar-refractivity contribution in [2.45, 2.75) is 47.0 Å². The van der Waals surface area contributed by atoms with Crippen LogP contribution >= 0.6 is 0 Å². The largest absolute Gasteiger partial charge is 0.478 e. The fourth-order valence-corrected chi connectivity index (χ4v) is 3.89. The third-order valence-corrected chi connectivity index (χ3v) is 5.65. The molecule has 0 spiro atoms. The molecule has 2 saturated carbocycles. The van der Waals surface area contributed by atoms with E-state index in [1.165, 1.54) is 19.3 Å². The summed E-state index contributed by atoms with van der Waals surface area (Å²) in [4.78, 5) is 10.9. The number of fused-ring (bicyclic) bond motifs is 2. The summed E-state index contributed by atoms with van der Waals surface area (Å²) >= 11 is 0. The van der Waals surface area contributed by atoms with E-state index in [1.807, 2.05) is 6.08 Å². The molecule has 0 saturated heterocycles. The molecule has 2 heteroatoms. The zero-order valence-corrected chi connectivity index (χ0v) is 10.7. The first-order valence-electron chi connectivity index (χ1n) is 6.21. The highest BCUT2D eigenvalue weighted by atomic mass is 16.4. The summed E-state index contributed by atoms with van der Waals surface area (Å²) in [5, 5.41) is 8.96. The first-order chi connectivity index (χ1) is 7.29. The number of carboxylic acid groups (broad SMARTS) is 1. The van der Waals surface area contributed by atoms with Crippen LogP contribution in [0.1, 0.15) is 47.0 Å². The minimum Gasteiger partial charge on any atom is -0.478 e. The van der Waals surface area contributed by atoms with Gasteiger partial charge in [-0.25, -0.2) is 4.79 Å². The summed E-state index contributed by atoms with van der Waals surface area (Å²) in [6.07, 6.45) is 5.75. The Hall–Kier alpha value is -0.790. The van der Waals surface area contributed by atoms with Gasteiger partial charge in [-0.3, -0.25) is 0 Å². The van der Waals surface area contributed by atoms with Crippen molar-refractivity contribution in [2.24, 2.45) is 22.7 Å². The summed E-state index contributed by atoms with van der Waals surface area (Å²) in [6, 6.07) is 0. The molecule has 0 amide bonds. The summed E-state index contributed by atoms with van der Waals surface area (Å²) in [6.45, 7) is 8.77. The average molecular weight is 222 g/mol. The Morgan fingerprint density at radius 1 is 1.38 bits per heavy atom. The molecule has 0 heterocycles. The van der Waals surface area contributed by atoms with Gasteiger partial charge in [-0.2, -0.15) is 0 Å². The zero-order chi connectivity index (χ0) is 12.1. The highest BCUT2D eigenvalue weighted by molar-refractivity contribution is 5.85. The van der Waals surface area contributed by atoms with Crippen LogP contribution in [0.2, 0.25) is 0 Å². The molecule has 90 valence electrons. The van der Waals surface area contributed by atoms with Gasteiger partial charge in [0.25, 0.3) is 0 Å². The molecule has 0 aromatic carbocycles. The Morgan fingerprint density at radius 3 is 2.38 bits per heavy atom. The molecule has 2 aliphatic carbocycles.